The van der Waals surface area contributed by atoms with E-state index in [0.29, 0.717) is 13.1 Å². The molecular weight excluding hydrogens is 330 g/mol. The summed E-state index contributed by atoms with van der Waals surface area (Å²) in [5, 5.41) is 2.73. The summed E-state index contributed by atoms with van der Waals surface area (Å²) in [5.74, 6) is 0. The van der Waals surface area contributed by atoms with E-state index >= 15 is 0 Å². The van der Waals surface area contributed by atoms with Crippen LogP contribution in [-0.2, 0) is 14.8 Å². The summed E-state index contributed by atoms with van der Waals surface area (Å²) in [7, 11) is -3.55. The van der Waals surface area contributed by atoms with Gasteiger partial charge in [0.2, 0.25) is 10.0 Å². The standard InChI is InChI=1S/C16H25N3O4S/c1-12-4-6-15(7-5-12)24(21,22)18-9-8-17-16(20)19-10-13(2)23-14(3)11-19/h4-7,13-14,18H,8-11H2,1-3H3,(H,17,20). The zero-order valence-corrected chi connectivity index (χ0v) is 15.1. The van der Waals surface area contributed by atoms with Crippen LogP contribution in [0, 0.1) is 6.92 Å². The monoisotopic (exact) mass is 355 g/mol. The number of hydrogen-bond acceptors (Lipinski definition) is 4. The Morgan fingerprint density at radius 1 is 1.17 bits per heavy atom. The van der Waals surface area contributed by atoms with E-state index in [1.54, 1.807) is 29.2 Å². The molecule has 0 aliphatic carbocycles. The molecule has 1 aliphatic rings. The summed E-state index contributed by atoms with van der Waals surface area (Å²) in [6, 6.07) is 6.42. The molecule has 2 unspecified atom stereocenters. The van der Waals surface area contributed by atoms with E-state index in [4.69, 9.17) is 4.74 Å². The van der Waals surface area contributed by atoms with Crippen molar-refractivity contribution in [1.29, 1.82) is 0 Å². The second kappa shape index (κ2) is 7.96. The van der Waals surface area contributed by atoms with E-state index in [2.05, 4.69) is 10.0 Å². The lowest BCUT2D eigenvalue weighted by Crippen LogP contribution is -2.52. The number of rotatable bonds is 5. The zero-order chi connectivity index (χ0) is 17.7. The molecule has 2 atom stereocenters. The highest BCUT2D eigenvalue weighted by molar-refractivity contribution is 7.89. The van der Waals surface area contributed by atoms with Crippen LogP contribution in [0.2, 0.25) is 0 Å². The summed E-state index contributed by atoms with van der Waals surface area (Å²) in [4.78, 5) is 14.0. The SMILES string of the molecule is Cc1ccc(S(=O)(=O)NCCNC(=O)N2CC(C)OC(C)C2)cc1. The van der Waals surface area contributed by atoms with Crippen molar-refractivity contribution in [1.82, 2.24) is 14.9 Å². The van der Waals surface area contributed by atoms with Crippen molar-refractivity contribution in [2.24, 2.45) is 0 Å². The van der Waals surface area contributed by atoms with Gasteiger partial charge in [-0.3, -0.25) is 0 Å². The zero-order valence-electron chi connectivity index (χ0n) is 14.3. The molecule has 1 aromatic rings. The Kier molecular flexibility index (Phi) is 6.20. The average Bonchev–Trinajstić information content (AvgIpc) is 2.51. The van der Waals surface area contributed by atoms with Gasteiger partial charge in [-0.1, -0.05) is 17.7 Å². The summed E-state index contributed by atoms with van der Waals surface area (Å²) in [5.41, 5.74) is 0.996. The Hall–Kier alpha value is -1.64. The van der Waals surface area contributed by atoms with Gasteiger partial charge >= 0.3 is 6.03 Å². The fourth-order valence-corrected chi connectivity index (χ4v) is 3.64. The highest BCUT2D eigenvalue weighted by atomic mass is 32.2. The van der Waals surface area contributed by atoms with Crippen molar-refractivity contribution in [2.75, 3.05) is 26.2 Å². The van der Waals surface area contributed by atoms with Gasteiger partial charge in [0.25, 0.3) is 0 Å². The number of sulfonamides is 1. The van der Waals surface area contributed by atoms with Crippen LogP contribution >= 0.6 is 0 Å². The fraction of sp³-hybridized carbons (Fsp3) is 0.562. The van der Waals surface area contributed by atoms with Gasteiger partial charge < -0.3 is 15.0 Å². The Morgan fingerprint density at radius 3 is 2.33 bits per heavy atom. The first-order chi connectivity index (χ1) is 11.3. The number of nitrogens with one attached hydrogen (secondary N) is 2. The molecule has 134 valence electrons. The second-order valence-electron chi connectivity index (χ2n) is 6.11. The molecule has 2 N–H and O–H groups in total. The molecule has 2 rings (SSSR count). The van der Waals surface area contributed by atoms with Gasteiger partial charge in [0.15, 0.2) is 0 Å². The molecule has 0 radical (unpaired) electrons. The Bertz CT molecular complexity index is 650. The van der Waals surface area contributed by atoms with Crippen LogP contribution in [-0.4, -0.2) is 57.7 Å². The molecule has 1 fully saturated rings. The molecule has 0 saturated carbocycles. The molecule has 8 heteroatoms. The van der Waals surface area contributed by atoms with Gasteiger partial charge in [-0.15, -0.1) is 0 Å². The number of hydrogen-bond donors (Lipinski definition) is 2. The van der Waals surface area contributed by atoms with Gasteiger partial charge in [-0.25, -0.2) is 17.9 Å². The smallest absolute Gasteiger partial charge is 0.317 e. The minimum Gasteiger partial charge on any atom is -0.372 e. The molecule has 7 nitrogen and oxygen atoms in total. The fourth-order valence-electron chi connectivity index (χ4n) is 2.61. The number of carbonyl (C=O) groups excluding carboxylic acids is 1. The molecule has 1 aromatic carbocycles. The van der Waals surface area contributed by atoms with Gasteiger partial charge in [0.05, 0.1) is 17.1 Å². The van der Waals surface area contributed by atoms with Crippen molar-refractivity contribution < 1.29 is 17.9 Å². The third-order valence-electron chi connectivity index (χ3n) is 3.73. The number of benzene rings is 1. The Labute approximate surface area is 143 Å². The quantitative estimate of drug-likeness (QED) is 0.774. The van der Waals surface area contributed by atoms with E-state index in [0.717, 1.165) is 5.56 Å². The van der Waals surface area contributed by atoms with E-state index in [-0.39, 0.29) is 36.2 Å². The van der Waals surface area contributed by atoms with E-state index in [9.17, 15) is 13.2 Å². The maximum absolute atomic E-state index is 12.1. The summed E-state index contributed by atoms with van der Waals surface area (Å²) in [6.45, 7) is 7.17. The molecular formula is C16H25N3O4S. The normalized spacial score (nSPS) is 21.5. The number of nitrogens with zero attached hydrogens (tertiary/aromatic N) is 1. The first kappa shape index (κ1) is 18.7. The first-order valence-electron chi connectivity index (χ1n) is 8.02. The second-order valence-corrected chi connectivity index (χ2v) is 7.87. The van der Waals surface area contributed by atoms with Gasteiger partial charge in [0, 0.05) is 26.2 Å². The number of carbonyl (C=O) groups is 1. The number of ether oxygens (including phenoxy) is 1. The van der Waals surface area contributed by atoms with Crippen LogP contribution in [0.1, 0.15) is 19.4 Å². The molecule has 24 heavy (non-hydrogen) atoms. The average molecular weight is 355 g/mol. The minimum atomic E-state index is -3.55. The number of urea groups is 1. The lowest BCUT2D eigenvalue weighted by Gasteiger charge is -2.35. The van der Waals surface area contributed by atoms with Crippen molar-refractivity contribution in [3.63, 3.8) is 0 Å². The molecule has 2 amide bonds. The van der Waals surface area contributed by atoms with E-state index < -0.39 is 10.0 Å². The van der Waals surface area contributed by atoms with Crippen LogP contribution in [0.4, 0.5) is 4.79 Å². The third kappa shape index (κ3) is 5.19. The predicted octanol–water partition coefficient (Wildman–Crippen LogP) is 1.09. The van der Waals surface area contributed by atoms with Crippen molar-refractivity contribution in [2.45, 2.75) is 37.9 Å². The first-order valence-corrected chi connectivity index (χ1v) is 9.51. The number of morpholine rings is 1. The van der Waals surface area contributed by atoms with E-state index in [1.807, 2.05) is 20.8 Å². The summed E-state index contributed by atoms with van der Waals surface area (Å²) >= 11 is 0. The maximum atomic E-state index is 12.1. The predicted molar refractivity (Wildman–Crippen MR) is 91.3 cm³/mol. The number of aryl methyl sites for hydroxylation is 1. The van der Waals surface area contributed by atoms with Crippen LogP contribution in [0.25, 0.3) is 0 Å². The highest BCUT2D eigenvalue weighted by Crippen LogP contribution is 2.11. The topological polar surface area (TPSA) is 87.7 Å². The highest BCUT2D eigenvalue weighted by Gasteiger charge is 2.25. The summed E-state index contributed by atoms with van der Waals surface area (Å²) in [6.07, 6.45) is -0.000852. The molecule has 0 spiro atoms. The number of amides is 2. The van der Waals surface area contributed by atoms with Gasteiger partial charge in [0.1, 0.15) is 0 Å². The van der Waals surface area contributed by atoms with Gasteiger partial charge in [-0.05, 0) is 32.9 Å². The Balaban J connectivity index is 1.77. The van der Waals surface area contributed by atoms with Crippen molar-refractivity contribution >= 4 is 16.1 Å². The van der Waals surface area contributed by atoms with Crippen LogP contribution < -0.4 is 10.0 Å². The van der Waals surface area contributed by atoms with Crippen LogP contribution in [0.15, 0.2) is 29.2 Å². The third-order valence-corrected chi connectivity index (χ3v) is 5.21. The minimum absolute atomic E-state index is 0.000426. The van der Waals surface area contributed by atoms with Crippen molar-refractivity contribution in [3.8, 4) is 0 Å². The lowest BCUT2D eigenvalue weighted by atomic mass is 10.2. The van der Waals surface area contributed by atoms with Crippen LogP contribution in [0.3, 0.4) is 0 Å². The molecule has 0 aromatic heterocycles. The van der Waals surface area contributed by atoms with E-state index in [1.165, 1.54) is 0 Å². The van der Waals surface area contributed by atoms with Crippen LogP contribution in [0.5, 0.6) is 0 Å². The summed E-state index contributed by atoms with van der Waals surface area (Å²) < 4.78 is 32.3. The van der Waals surface area contributed by atoms with Gasteiger partial charge in [-0.2, -0.15) is 0 Å². The largest absolute Gasteiger partial charge is 0.372 e. The molecule has 0 bridgehead atoms. The maximum Gasteiger partial charge on any atom is 0.317 e. The molecule has 1 heterocycles. The molecule has 1 aliphatic heterocycles. The Morgan fingerprint density at radius 2 is 1.75 bits per heavy atom. The van der Waals surface area contributed by atoms with Crippen molar-refractivity contribution in [3.05, 3.63) is 29.8 Å². The lowest BCUT2D eigenvalue weighted by molar-refractivity contribution is -0.0544. The molecule has 1 saturated heterocycles.